The van der Waals surface area contributed by atoms with Crippen LogP contribution in [0.4, 0.5) is 11.8 Å². The van der Waals surface area contributed by atoms with Crippen molar-refractivity contribution in [2.45, 2.75) is 50.0 Å². The van der Waals surface area contributed by atoms with Crippen molar-refractivity contribution in [3.05, 3.63) is 46.1 Å². The number of nitrogens with one attached hydrogen (secondary N) is 1. The average molecular weight is 413 g/mol. The SMILES string of the molecule is O=C1CCc2nc(N3CCC(c4ccc(Cl)cc4)CC3)nc(NC3(CO)CC3)c21. The molecule has 1 aliphatic heterocycles. The van der Waals surface area contributed by atoms with Gasteiger partial charge in [-0.2, -0.15) is 4.98 Å². The Labute approximate surface area is 175 Å². The van der Waals surface area contributed by atoms with Crippen LogP contribution in [0.5, 0.6) is 0 Å². The number of carbonyl (C=O) groups is 1. The second-order valence-corrected chi connectivity index (χ2v) is 8.93. The third kappa shape index (κ3) is 3.60. The molecule has 1 aromatic carbocycles. The summed E-state index contributed by atoms with van der Waals surface area (Å²) in [5.74, 6) is 1.92. The minimum Gasteiger partial charge on any atom is -0.394 e. The van der Waals surface area contributed by atoms with Gasteiger partial charge in [-0.1, -0.05) is 23.7 Å². The van der Waals surface area contributed by atoms with E-state index in [2.05, 4.69) is 22.3 Å². The number of hydrogen-bond donors (Lipinski definition) is 2. The van der Waals surface area contributed by atoms with Gasteiger partial charge in [0.25, 0.3) is 0 Å². The summed E-state index contributed by atoms with van der Waals surface area (Å²) in [5.41, 5.74) is 2.49. The van der Waals surface area contributed by atoms with E-state index >= 15 is 0 Å². The first-order chi connectivity index (χ1) is 14.1. The molecule has 2 aromatic rings. The first-order valence-corrected chi connectivity index (χ1v) is 10.8. The molecule has 0 unspecified atom stereocenters. The van der Waals surface area contributed by atoms with Crippen molar-refractivity contribution >= 4 is 29.2 Å². The summed E-state index contributed by atoms with van der Waals surface area (Å²) in [6.07, 6.45) is 5.03. The van der Waals surface area contributed by atoms with E-state index in [0.29, 0.717) is 36.1 Å². The van der Waals surface area contributed by atoms with Crippen molar-refractivity contribution in [2.24, 2.45) is 0 Å². The largest absolute Gasteiger partial charge is 0.394 e. The Hall–Kier alpha value is -2.18. The van der Waals surface area contributed by atoms with E-state index in [4.69, 9.17) is 21.6 Å². The van der Waals surface area contributed by atoms with E-state index in [-0.39, 0.29) is 17.9 Å². The second-order valence-electron chi connectivity index (χ2n) is 8.49. The number of Topliss-reactive ketones (excluding diaryl/α,β-unsaturated/α-hetero) is 1. The summed E-state index contributed by atoms with van der Waals surface area (Å²) in [6, 6.07) is 8.14. The smallest absolute Gasteiger partial charge is 0.227 e. The van der Waals surface area contributed by atoms with E-state index in [0.717, 1.165) is 49.5 Å². The van der Waals surface area contributed by atoms with Crippen molar-refractivity contribution in [1.29, 1.82) is 0 Å². The first kappa shape index (κ1) is 18.8. The fraction of sp³-hybridized carbons (Fsp3) is 0.500. The van der Waals surface area contributed by atoms with Crippen LogP contribution in [0.1, 0.15) is 59.6 Å². The second kappa shape index (κ2) is 7.26. The van der Waals surface area contributed by atoms with Crippen molar-refractivity contribution in [2.75, 3.05) is 29.9 Å². The number of aliphatic hydroxyl groups excluding tert-OH is 1. The fourth-order valence-corrected chi connectivity index (χ4v) is 4.56. The summed E-state index contributed by atoms with van der Waals surface area (Å²) < 4.78 is 0. The number of aryl methyl sites for hydroxylation is 1. The van der Waals surface area contributed by atoms with Gasteiger partial charge in [0.1, 0.15) is 5.82 Å². The molecule has 152 valence electrons. The topological polar surface area (TPSA) is 78.4 Å². The van der Waals surface area contributed by atoms with Gasteiger partial charge in [-0.05, 0) is 55.7 Å². The zero-order valence-corrected chi connectivity index (χ0v) is 17.1. The van der Waals surface area contributed by atoms with E-state index in [1.807, 2.05) is 12.1 Å². The Morgan fingerprint density at radius 2 is 1.86 bits per heavy atom. The molecule has 2 aliphatic carbocycles. The molecule has 5 rings (SSSR count). The maximum Gasteiger partial charge on any atom is 0.227 e. The van der Waals surface area contributed by atoms with E-state index in [1.165, 1.54) is 5.56 Å². The van der Waals surface area contributed by atoms with Crippen LogP contribution in [0.2, 0.25) is 5.02 Å². The fourth-order valence-electron chi connectivity index (χ4n) is 4.43. The number of anilines is 2. The zero-order chi connectivity index (χ0) is 20.0. The van der Waals surface area contributed by atoms with Crippen molar-refractivity contribution in [3.8, 4) is 0 Å². The van der Waals surface area contributed by atoms with E-state index in [9.17, 15) is 9.90 Å². The van der Waals surface area contributed by atoms with Crippen LogP contribution in [0, 0.1) is 0 Å². The van der Waals surface area contributed by atoms with Gasteiger partial charge in [-0.3, -0.25) is 4.79 Å². The highest BCUT2D eigenvalue weighted by Gasteiger charge is 2.44. The molecule has 2 heterocycles. The van der Waals surface area contributed by atoms with Gasteiger partial charge in [0.2, 0.25) is 5.95 Å². The van der Waals surface area contributed by atoms with Crippen molar-refractivity contribution in [3.63, 3.8) is 0 Å². The Balaban J connectivity index is 1.36. The number of nitrogens with zero attached hydrogens (tertiary/aromatic N) is 3. The summed E-state index contributed by atoms with van der Waals surface area (Å²) in [4.78, 5) is 24.1. The maximum atomic E-state index is 12.4. The molecule has 1 saturated heterocycles. The first-order valence-electron chi connectivity index (χ1n) is 10.4. The number of carbonyl (C=O) groups excluding carboxylic acids is 1. The monoisotopic (exact) mass is 412 g/mol. The number of halogens is 1. The standard InChI is InChI=1S/C22H25ClN4O2/c23-16-3-1-14(2-4-16)15-7-11-27(12-8-15)21-24-17-5-6-18(29)19(17)20(25-21)26-22(13-28)9-10-22/h1-4,15,28H,5-13H2,(H,24,25,26). The van der Waals surface area contributed by atoms with E-state index in [1.54, 1.807) is 0 Å². The van der Waals surface area contributed by atoms with E-state index < -0.39 is 0 Å². The van der Waals surface area contributed by atoms with Crippen molar-refractivity contribution < 1.29 is 9.90 Å². The molecule has 29 heavy (non-hydrogen) atoms. The lowest BCUT2D eigenvalue weighted by Crippen LogP contribution is -2.35. The van der Waals surface area contributed by atoms with Crippen LogP contribution in [0.15, 0.2) is 24.3 Å². The molecule has 0 atom stereocenters. The molecular formula is C22H25ClN4O2. The van der Waals surface area contributed by atoms with Gasteiger partial charge >= 0.3 is 0 Å². The quantitative estimate of drug-likeness (QED) is 0.781. The molecular weight excluding hydrogens is 388 g/mol. The van der Waals surface area contributed by atoms with Gasteiger partial charge < -0.3 is 15.3 Å². The zero-order valence-electron chi connectivity index (χ0n) is 16.3. The lowest BCUT2D eigenvalue weighted by atomic mass is 9.89. The number of fused-ring (bicyclic) bond motifs is 1. The Morgan fingerprint density at radius 1 is 1.14 bits per heavy atom. The Morgan fingerprint density at radius 3 is 2.52 bits per heavy atom. The molecule has 1 aromatic heterocycles. The third-order valence-corrected chi connectivity index (χ3v) is 6.75. The lowest BCUT2D eigenvalue weighted by Gasteiger charge is -2.33. The molecule has 6 nitrogen and oxygen atoms in total. The minimum atomic E-state index is -0.316. The number of hydrogen-bond acceptors (Lipinski definition) is 6. The number of rotatable bonds is 5. The van der Waals surface area contributed by atoms with Gasteiger partial charge in [0, 0.05) is 24.5 Å². The summed E-state index contributed by atoms with van der Waals surface area (Å²) in [6.45, 7) is 1.82. The molecule has 0 spiro atoms. The molecule has 1 saturated carbocycles. The summed E-state index contributed by atoms with van der Waals surface area (Å²) in [5, 5.41) is 13.8. The lowest BCUT2D eigenvalue weighted by molar-refractivity contribution is 0.0995. The molecule has 2 N–H and O–H groups in total. The molecule has 3 aliphatic rings. The van der Waals surface area contributed by atoms with Crippen LogP contribution >= 0.6 is 11.6 Å². The highest BCUT2D eigenvalue weighted by atomic mass is 35.5. The number of ketones is 1. The molecule has 0 bridgehead atoms. The normalized spacial score (nSPS) is 20.6. The highest BCUT2D eigenvalue weighted by Crippen LogP contribution is 2.40. The van der Waals surface area contributed by atoms with Gasteiger partial charge in [0.05, 0.1) is 23.4 Å². The Kier molecular flexibility index (Phi) is 4.71. The molecule has 0 radical (unpaired) electrons. The van der Waals surface area contributed by atoms with Gasteiger partial charge in [0.15, 0.2) is 5.78 Å². The number of piperidine rings is 1. The van der Waals surface area contributed by atoms with Crippen molar-refractivity contribution in [1.82, 2.24) is 9.97 Å². The molecule has 2 fully saturated rings. The van der Waals surface area contributed by atoms with Gasteiger partial charge in [-0.25, -0.2) is 4.98 Å². The van der Waals surface area contributed by atoms with Crippen LogP contribution in [-0.4, -0.2) is 46.1 Å². The summed E-state index contributed by atoms with van der Waals surface area (Å²) in [7, 11) is 0. The predicted molar refractivity (Wildman–Crippen MR) is 113 cm³/mol. The van der Waals surface area contributed by atoms with Crippen LogP contribution < -0.4 is 10.2 Å². The number of aromatic nitrogens is 2. The van der Waals surface area contributed by atoms with Crippen LogP contribution in [0.3, 0.4) is 0 Å². The number of benzene rings is 1. The highest BCUT2D eigenvalue weighted by molar-refractivity contribution is 6.30. The van der Waals surface area contributed by atoms with Gasteiger partial charge in [-0.15, -0.1) is 0 Å². The predicted octanol–water partition coefficient (Wildman–Crippen LogP) is 3.58. The average Bonchev–Trinajstić information content (AvgIpc) is 3.42. The number of aliphatic hydroxyl groups is 1. The van der Waals surface area contributed by atoms with Crippen LogP contribution in [0.25, 0.3) is 0 Å². The maximum absolute atomic E-state index is 12.4. The Bertz CT molecular complexity index is 935. The third-order valence-electron chi connectivity index (χ3n) is 6.50. The molecule has 0 amide bonds. The minimum absolute atomic E-state index is 0.0573. The van der Waals surface area contributed by atoms with Crippen LogP contribution in [-0.2, 0) is 6.42 Å². The molecule has 7 heteroatoms. The summed E-state index contributed by atoms with van der Waals surface area (Å²) >= 11 is 6.02.